The van der Waals surface area contributed by atoms with Gasteiger partial charge in [-0.2, -0.15) is 13.2 Å². The quantitative estimate of drug-likeness (QED) is 0.865. The van der Waals surface area contributed by atoms with Crippen LogP contribution in [0.25, 0.3) is 0 Å². The minimum absolute atomic E-state index is 0.0161. The van der Waals surface area contributed by atoms with Crippen LogP contribution in [0.4, 0.5) is 18.9 Å². The summed E-state index contributed by atoms with van der Waals surface area (Å²) < 4.78 is 37.7. The molecule has 1 aliphatic carbocycles. The number of aryl methyl sites for hydroxylation is 1. The van der Waals surface area contributed by atoms with Crippen LogP contribution in [0.5, 0.6) is 0 Å². The Labute approximate surface area is 119 Å². The van der Waals surface area contributed by atoms with E-state index < -0.39 is 12.1 Å². The summed E-state index contributed by atoms with van der Waals surface area (Å²) in [5.41, 5.74) is 3.05. The van der Waals surface area contributed by atoms with Gasteiger partial charge in [0.25, 0.3) is 0 Å². The topological polar surface area (TPSA) is 44.7 Å². The molecule has 3 rings (SSSR count). The number of fused-ring (bicyclic) bond motifs is 1. The largest absolute Gasteiger partial charge is 0.471 e. The molecule has 1 N–H and O–H groups in total. The molecule has 0 bridgehead atoms. The average molecular weight is 297 g/mol. The standard InChI is InChI=1S/C14H14F3N3O/c15-14(16,17)12(21)20-8-7-18-13(20)19-11-6-2-4-9-3-1-5-10(9)11/h2,4,6H,1,3,5,7-8H2,(H,18,19). The molecule has 1 amide bonds. The minimum atomic E-state index is -4.88. The van der Waals surface area contributed by atoms with Gasteiger partial charge < -0.3 is 5.32 Å². The summed E-state index contributed by atoms with van der Waals surface area (Å²) in [5, 5.41) is 2.90. The van der Waals surface area contributed by atoms with Gasteiger partial charge in [-0.05, 0) is 36.5 Å². The molecule has 7 heteroatoms. The first-order chi connectivity index (χ1) is 9.97. The fourth-order valence-electron chi connectivity index (χ4n) is 2.76. The Hall–Kier alpha value is -2.05. The molecule has 0 radical (unpaired) electrons. The second-order valence-corrected chi connectivity index (χ2v) is 5.08. The van der Waals surface area contributed by atoms with Crippen molar-refractivity contribution in [2.24, 2.45) is 4.99 Å². The van der Waals surface area contributed by atoms with Gasteiger partial charge in [0.15, 0.2) is 0 Å². The molecule has 112 valence electrons. The van der Waals surface area contributed by atoms with Gasteiger partial charge >= 0.3 is 12.1 Å². The lowest BCUT2D eigenvalue weighted by molar-refractivity contribution is -0.180. The highest BCUT2D eigenvalue weighted by atomic mass is 19.4. The maximum Gasteiger partial charge on any atom is 0.471 e. The SMILES string of the molecule is O=C(N1CCN=C1Nc1cccc2c1CCC2)C(F)(F)F. The summed E-state index contributed by atoms with van der Waals surface area (Å²) in [6, 6.07) is 5.68. The summed E-state index contributed by atoms with van der Waals surface area (Å²) in [4.78, 5) is 16.0. The highest BCUT2D eigenvalue weighted by Crippen LogP contribution is 2.29. The van der Waals surface area contributed by atoms with Crippen molar-refractivity contribution in [3.05, 3.63) is 29.3 Å². The number of nitrogens with one attached hydrogen (secondary N) is 1. The van der Waals surface area contributed by atoms with Crippen LogP contribution < -0.4 is 5.32 Å². The van der Waals surface area contributed by atoms with Gasteiger partial charge in [-0.15, -0.1) is 0 Å². The Morgan fingerprint density at radius 1 is 1.29 bits per heavy atom. The zero-order valence-corrected chi connectivity index (χ0v) is 11.2. The van der Waals surface area contributed by atoms with Crippen LogP contribution >= 0.6 is 0 Å². The molecule has 4 nitrogen and oxygen atoms in total. The maximum absolute atomic E-state index is 12.6. The normalized spacial score (nSPS) is 17.7. The summed E-state index contributed by atoms with van der Waals surface area (Å²) in [6.07, 6.45) is -1.99. The Balaban J connectivity index is 1.82. The van der Waals surface area contributed by atoms with E-state index in [2.05, 4.69) is 10.3 Å². The van der Waals surface area contributed by atoms with Crippen molar-refractivity contribution in [1.29, 1.82) is 0 Å². The van der Waals surface area contributed by atoms with Gasteiger partial charge in [0.2, 0.25) is 5.96 Å². The van der Waals surface area contributed by atoms with Crippen molar-refractivity contribution in [1.82, 2.24) is 4.90 Å². The van der Waals surface area contributed by atoms with E-state index in [1.54, 1.807) is 6.07 Å². The molecule has 0 atom stereocenters. The molecule has 0 spiro atoms. The number of rotatable bonds is 1. The number of hydrogen-bond donors (Lipinski definition) is 1. The molecule has 1 aliphatic heterocycles. The Morgan fingerprint density at radius 3 is 2.86 bits per heavy atom. The van der Waals surface area contributed by atoms with E-state index in [-0.39, 0.29) is 19.0 Å². The maximum atomic E-state index is 12.6. The fourth-order valence-corrected chi connectivity index (χ4v) is 2.76. The number of amides is 1. The predicted molar refractivity (Wildman–Crippen MR) is 72.2 cm³/mol. The molecule has 2 aliphatic rings. The monoisotopic (exact) mass is 297 g/mol. The Bertz CT molecular complexity index is 610. The fraction of sp³-hybridized carbons (Fsp3) is 0.429. The third kappa shape index (κ3) is 2.59. The van der Waals surface area contributed by atoms with Crippen LogP contribution in [0.15, 0.2) is 23.2 Å². The second kappa shape index (κ2) is 5.05. The van der Waals surface area contributed by atoms with Crippen molar-refractivity contribution in [3.63, 3.8) is 0 Å². The first-order valence-electron chi connectivity index (χ1n) is 6.78. The highest BCUT2D eigenvalue weighted by molar-refractivity contribution is 6.06. The van der Waals surface area contributed by atoms with Crippen LogP contribution in [-0.2, 0) is 17.6 Å². The number of nitrogens with zero attached hydrogens (tertiary/aromatic N) is 2. The molecule has 21 heavy (non-hydrogen) atoms. The molecule has 1 heterocycles. The van der Waals surface area contributed by atoms with Crippen molar-refractivity contribution < 1.29 is 18.0 Å². The smallest absolute Gasteiger partial charge is 0.326 e. The van der Waals surface area contributed by atoms with Crippen LogP contribution in [0.1, 0.15) is 17.5 Å². The number of anilines is 1. The van der Waals surface area contributed by atoms with Gasteiger partial charge in [0, 0.05) is 12.2 Å². The number of guanidine groups is 1. The molecule has 1 aromatic carbocycles. The van der Waals surface area contributed by atoms with Gasteiger partial charge in [-0.1, -0.05) is 12.1 Å². The molecule has 0 saturated carbocycles. The first-order valence-corrected chi connectivity index (χ1v) is 6.78. The number of aliphatic imine (C=N–C) groups is 1. The van der Waals surface area contributed by atoms with Crippen molar-refractivity contribution in [3.8, 4) is 0 Å². The number of alkyl halides is 3. The van der Waals surface area contributed by atoms with Crippen LogP contribution in [0.3, 0.4) is 0 Å². The number of hydrogen-bond acceptors (Lipinski definition) is 3. The molecule has 0 saturated heterocycles. The van der Waals surface area contributed by atoms with E-state index in [1.807, 2.05) is 12.1 Å². The molecule has 1 aromatic rings. The van der Waals surface area contributed by atoms with Gasteiger partial charge in [0.1, 0.15) is 0 Å². The number of benzene rings is 1. The van der Waals surface area contributed by atoms with E-state index in [0.717, 1.165) is 30.5 Å². The van der Waals surface area contributed by atoms with Crippen LogP contribution in [-0.4, -0.2) is 36.0 Å². The van der Waals surface area contributed by atoms with Crippen molar-refractivity contribution in [2.45, 2.75) is 25.4 Å². The summed E-state index contributed by atoms with van der Waals surface area (Å²) in [7, 11) is 0. The van der Waals surface area contributed by atoms with E-state index in [9.17, 15) is 18.0 Å². The summed E-state index contributed by atoms with van der Waals surface area (Å²) in [6.45, 7) is 0.134. The molecular weight excluding hydrogens is 283 g/mol. The molecule has 0 unspecified atom stereocenters. The Kier molecular flexibility index (Phi) is 3.35. The number of carbonyl (C=O) groups excluding carboxylic acids is 1. The second-order valence-electron chi connectivity index (χ2n) is 5.08. The van der Waals surface area contributed by atoms with Gasteiger partial charge in [-0.25, -0.2) is 0 Å². The zero-order valence-electron chi connectivity index (χ0n) is 11.2. The predicted octanol–water partition coefficient (Wildman–Crippen LogP) is 2.35. The van der Waals surface area contributed by atoms with E-state index in [4.69, 9.17) is 0 Å². The molecular formula is C14H14F3N3O. The molecule has 0 aromatic heterocycles. The molecule has 0 fully saturated rings. The lowest BCUT2D eigenvalue weighted by atomic mass is 10.1. The number of halogens is 3. The van der Waals surface area contributed by atoms with Crippen molar-refractivity contribution in [2.75, 3.05) is 18.4 Å². The van der Waals surface area contributed by atoms with Crippen LogP contribution in [0.2, 0.25) is 0 Å². The minimum Gasteiger partial charge on any atom is -0.326 e. The van der Waals surface area contributed by atoms with E-state index in [0.29, 0.717) is 4.90 Å². The Morgan fingerprint density at radius 2 is 2.10 bits per heavy atom. The number of carbonyl (C=O) groups is 1. The third-order valence-corrected chi connectivity index (χ3v) is 3.72. The zero-order chi connectivity index (χ0) is 15.0. The first kappa shape index (κ1) is 13.9. The van der Waals surface area contributed by atoms with Crippen molar-refractivity contribution >= 4 is 17.6 Å². The summed E-state index contributed by atoms with van der Waals surface area (Å²) in [5.74, 6) is -1.89. The van der Waals surface area contributed by atoms with E-state index in [1.165, 1.54) is 5.56 Å². The summed E-state index contributed by atoms with van der Waals surface area (Å²) >= 11 is 0. The average Bonchev–Trinajstić information content (AvgIpc) is 3.05. The third-order valence-electron chi connectivity index (χ3n) is 3.72. The van der Waals surface area contributed by atoms with Gasteiger partial charge in [-0.3, -0.25) is 14.7 Å². The van der Waals surface area contributed by atoms with Gasteiger partial charge in [0.05, 0.1) is 6.54 Å². The van der Waals surface area contributed by atoms with E-state index >= 15 is 0 Å². The lowest BCUT2D eigenvalue weighted by Gasteiger charge is -2.21. The van der Waals surface area contributed by atoms with Crippen LogP contribution in [0, 0.1) is 0 Å². The highest BCUT2D eigenvalue weighted by Gasteiger charge is 2.45. The lowest BCUT2D eigenvalue weighted by Crippen LogP contribution is -2.45.